The van der Waals surface area contributed by atoms with Crippen molar-refractivity contribution in [2.24, 2.45) is 0 Å². The molecule has 0 aromatic heterocycles. The zero-order chi connectivity index (χ0) is 7.98. The summed E-state index contributed by atoms with van der Waals surface area (Å²) < 4.78 is 0. The third-order valence-corrected chi connectivity index (χ3v) is 1.17. The predicted molar refractivity (Wildman–Crippen MR) is 40.4 cm³/mol. The first-order valence-corrected chi connectivity index (χ1v) is 3.50. The zero-order valence-electron chi connectivity index (χ0n) is 6.46. The van der Waals surface area contributed by atoms with Crippen molar-refractivity contribution >= 4 is 0 Å². The minimum atomic E-state index is -0.695. The fourth-order valence-electron chi connectivity index (χ4n) is 0.472. The summed E-state index contributed by atoms with van der Waals surface area (Å²) in [7, 11) is 0. The van der Waals surface area contributed by atoms with Crippen LogP contribution in [-0.2, 0) is 0 Å². The summed E-state index contributed by atoms with van der Waals surface area (Å²) in [4.78, 5) is 0. The fraction of sp³-hybridized carbons (Fsp3) is 0.750. The van der Waals surface area contributed by atoms with Crippen LogP contribution >= 0.6 is 0 Å². The fourth-order valence-corrected chi connectivity index (χ4v) is 0.472. The average Bonchev–Trinajstić information content (AvgIpc) is 1.88. The molecule has 0 bridgehead atoms. The summed E-state index contributed by atoms with van der Waals surface area (Å²) in [5, 5.41) is 17.8. The zero-order valence-corrected chi connectivity index (χ0v) is 6.46. The van der Waals surface area contributed by atoms with E-state index in [9.17, 15) is 0 Å². The van der Waals surface area contributed by atoms with Crippen LogP contribution in [0.25, 0.3) is 0 Å². The van der Waals surface area contributed by atoms with E-state index in [1.54, 1.807) is 6.92 Å². The van der Waals surface area contributed by atoms with E-state index < -0.39 is 12.2 Å². The predicted octanol–water partition coefficient (Wildman–Crippen LogP) is 0.532. The van der Waals surface area contributed by atoms with Gasteiger partial charge in [-0.2, -0.15) is 0 Å². The maximum Gasteiger partial charge on any atom is 0.0905 e. The second kappa shape index (κ2) is 5.28. The normalized spacial score (nSPS) is 15.2. The summed E-state index contributed by atoms with van der Waals surface area (Å²) in [5.41, 5.74) is 0. The molecule has 58 valence electrons. The van der Waals surface area contributed by atoms with Gasteiger partial charge in [0.2, 0.25) is 0 Å². The highest BCUT2D eigenvalue weighted by Crippen LogP contribution is 1.95. The van der Waals surface area contributed by atoms with Crippen LogP contribution in [-0.4, -0.2) is 22.4 Å². The number of rotatable bonds is 2. The molecule has 2 atom stereocenters. The monoisotopic (exact) mass is 142 g/mol. The van der Waals surface area contributed by atoms with Crippen LogP contribution in [0, 0.1) is 11.8 Å². The van der Waals surface area contributed by atoms with Crippen molar-refractivity contribution < 1.29 is 10.2 Å². The summed E-state index contributed by atoms with van der Waals surface area (Å²) in [5.74, 6) is 5.57. The molecule has 0 aliphatic heterocycles. The molecule has 0 radical (unpaired) electrons. The van der Waals surface area contributed by atoms with Crippen LogP contribution < -0.4 is 0 Å². The lowest BCUT2D eigenvalue weighted by Crippen LogP contribution is -2.21. The van der Waals surface area contributed by atoms with Gasteiger partial charge in [0, 0.05) is 12.8 Å². The van der Waals surface area contributed by atoms with Gasteiger partial charge in [-0.15, -0.1) is 11.8 Å². The van der Waals surface area contributed by atoms with Crippen LogP contribution in [0.15, 0.2) is 0 Å². The van der Waals surface area contributed by atoms with Gasteiger partial charge in [-0.3, -0.25) is 0 Å². The molecule has 0 fully saturated rings. The molecule has 0 aromatic rings. The Bertz CT molecular complexity index is 130. The van der Waals surface area contributed by atoms with E-state index in [2.05, 4.69) is 11.8 Å². The van der Waals surface area contributed by atoms with Crippen molar-refractivity contribution in [3.05, 3.63) is 0 Å². The highest BCUT2D eigenvalue weighted by molar-refractivity contribution is 4.99. The lowest BCUT2D eigenvalue weighted by Gasteiger charge is -2.08. The third-order valence-electron chi connectivity index (χ3n) is 1.17. The van der Waals surface area contributed by atoms with Crippen LogP contribution in [0.4, 0.5) is 0 Å². The lowest BCUT2D eigenvalue weighted by atomic mass is 10.2. The molecule has 0 rings (SSSR count). The highest BCUT2D eigenvalue weighted by Gasteiger charge is 2.07. The third kappa shape index (κ3) is 4.37. The average molecular weight is 142 g/mol. The molecule has 2 nitrogen and oxygen atoms in total. The largest absolute Gasteiger partial charge is 0.391 e. The van der Waals surface area contributed by atoms with Crippen molar-refractivity contribution in [2.45, 2.75) is 38.9 Å². The maximum atomic E-state index is 9.00. The molecular weight excluding hydrogens is 128 g/mol. The van der Waals surface area contributed by atoms with E-state index in [4.69, 9.17) is 10.2 Å². The number of aliphatic hydroxyl groups is 2. The van der Waals surface area contributed by atoms with E-state index >= 15 is 0 Å². The topological polar surface area (TPSA) is 40.5 Å². The molecule has 2 N–H and O–H groups in total. The van der Waals surface area contributed by atoms with Crippen molar-refractivity contribution in [3.63, 3.8) is 0 Å². The van der Waals surface area contributed by atoms with Crippen LogP contribution in [0.5, 0.6) is 0 Å². The van der Waals surface area contributed by atoms with E-state index in [1.165, 1.54) is 0 Å². The molecule has 0 aliphatic rings. The van der Waals surface area contributed by atoms with E-state index in [1.807, 2.05) is 6.92 Å². The number of aliphatic hydroxyl groups excluding tert-OH is 2. The van der Waals surface area contributed by atoms with Crippen LogP contribution in [0.3, 0.4) is 0 Å². The number of hydrogen-bond donors (Lipinski definition) is 2. The van der Waals surface area contributed by atoms with Crippen molar-refractivity contribution in [3.8, 4) is 11.8 Å². The van der Waals surface area contributed by atoms with E-state index in [0.29, 0.717) is 6.42 Å². The molecule has 0 spiro atoms. The molecule has 0 aliphatic carbocycles. The lowest BCUT2D eigenvalue weighted by molar-refractivity contribution is 0.0350. The summed E-state index contributed by atoms with van der Waals surface area (Å²) in [6, 6.07) is 0. The van der Waals surface area contributed by atoms with Crippen molar-refractivity contribution in [1.29, 1.82) is 0 Å². The first kappa shape index (κ1) is 9.48. The molecule has 0 saturated heterocycles. The summed E-state index contributed by atoms with van der Waals surface area (Å²) in [6.07, 6.45) is -0.205. The molecule has 0 aromatic carbocycles. The highest BCUT2D eigenvalue weighted by atomic mass is 16.3. The van der Waals surface area contributed by atoms with Crippen molar-refractivity contribution in [2.75, 3.05) is 0 Å². The molecule has 2 heteroatoms. The molecular formula is C8H14O2. The Morgan fingerprint density at radius 1 is 1.30 bits per heavy atom. The minimum absolute atomic E-state index is 0.367. The Morgan fingerprint density at radius 2 is 1.90 bits per heavy atom. The molecule has 2 unspecified atom stereocenters. The Hall–Kier alpha value is -0.520. The summed E-state index contributed by atoms with van der Waals surface area (Å²) >= 11 is 0. The van der Waals surface area contributed by atoms with Gasteiger partial charge in [0.05, 0.1) is 12.2 Å². The first-order valence-electron chi connectivity index (χ1n) is 3.50. The quantitative estimate of drug-likeness (QED) is 0.552. The Balaban J connectivity index is 3.48. The molecule has 0 heterocycles. The van der Waals surface area contributed by atoms with Crippen molar-refractivity contribution in [1.82, 2.24) is 0 Å². The summed E-state index contributed by atoms with van der Waals surface area (Å²) in [6.45, 7) is 3.50. The van der Waals surface area contributed by atoms with Gasteiger partial charge in [-0.05, 0) is 6.92 Å². The van der Waals surface area contributed by atoms with Crippen LogP contribution in [0.2, 0.25) is 0 Å². The SMILES string of the molecule is CCC#CCC(O)C(C)O. The van der Waals surface area contributed by atoms with E-state index in [-0.39, 0.29) is 0 Å². The second-order valence-corrected chi connectivity index (χ2v) is 2.22. The number of hydrogen-bond acceptors (Lipinski definition) is 2. The molecule has 0 saturated carbocycles. The second-order valence-electron chi connectivity index (χ2n) is 2.22. The van der Waals surface area contributed by atoms with Gasteiger partial charge in [0.1, 0.15) is 0 Å². The first-order chi connectivity index (χ1) is 4.68. The maximum absolute atomic E-state index is 9.00. The van der Waals surface area contributed by atoms with Crippen LogP contribution in [0.1, 0.15) is 26.7 Å². The van der Waals surface area contributed by atoms with Gasteiger partial charge in [-0.1, -0.05) is 6.92 Å². The van der Waals surface area contributed by atoms with E-state index in [0.717, 1.165) is 6.42 Å². The van der Waals surface area contributed by atoms with Gasteiger partial charge in [0.25, 0.3) is 0 Å². The van der Waals surface area contributed by atoms with Gasteiger partial charge < -0.3 is 10.2 Å². The van der Waals surface area contributed by atoms with Gasteiger partial charge >= 0.3 is 0 Å². The van der Waals surface area contributed by atoms with Gasteiger partial charge in [0.15, 0.2) is 0 Å². The Kier molecular flexibility index (Phi) is 5.00. The smallest absolute Gasteiger partial charge is 0.0905 e. The Morgan fingerprint density at radius 3 is 2.30 bits per heavy atom. The Labute approximate surface area is 61.9 Å². The molecule has 0 amide bonds. The minimum Gasteiger partial charge on any atom is -0.391 e. The standard InChI is InChI=1S/C8H14O2/c1-3-4-5-6-8(10)7(2)9/h7-10H,3,6H2,1-2H3. The molecule has 10 heavy (non-hydrogen) atoms. The van der Waals surface area contributed by atoms with Gasteiger partial charge in [-0.25, -0.2) is 0 Å².